The molecule has 0 amide bonds. The summed E-state index contributed by atoms with van der Waals surface area (Å²) in [5.74, 6) is 0.113. The van der Waals surface area contributed by atoms with Gasteiger partial charge in [-0.2, -0.15) is 0 Å². The third-order valence-corrected chi connectivity index (χ3v) is 4.93. The van der Waals surface area contributed by atoms with E-state index in [1.165, 1.54) is 11.3 Å². The first-order valence-corrected chi connectivity index (χ1v) is 7.51. The Kier molecular flexibility index (Phi) is 4.91. The highest BCUT2D eigenvalue weighted by Gasteiger charge is 2.27. The lowest BCUT2D eigenvalue weighted by Crippen LogP contribution is -2.51. The zero-order valence-corrected chi connectivity index (χ0v) is 12.5. The first-order valence-electron chi connectivity index (χ1n) is 5.84. The summed E-state index contributed by atoms with van der Waals surface area (Å²) in [6.45, 7) is 3.57. The number of halogens is 1. The van der Waals surface area contributed by atoms with E-state index in [0.717, 1.165) is 9.35 Å². The van der Waals surface area contributed by atoms with Crippen LogP contribution in [0.15, 0.2) is 15.9 Å². The minimum Gasteiger partial charge on any atom is -0.394 e. The fourth-order valence-corrected chi connectivity index (χ4v) is 3.48. The fraction of sp³-hybridized carbons (Fsp3) is 0.583. The molecule has 1 N–H and O–H groups in total. The molecule has 0 aliphatic carbocycles. The number of rotatable bonds is 4. The monoisotopic (exact) mass is 333 g/mol. The van der Waals surface area contributed by atoms with Crippen LogP contribution in [0.4, 0.5) is 0 Å². The van der Waals surface area contributed by atoms with Crippen LogP contribution in [0.25, 0.3) is 0 Å². The first kappa shape index (κ1) is 14.1. The normalized spacial score (nSPS) is 25.3. The van der Waals surface area contributed by atoms with Gasteiger partial charge in [-0.3, -0.25) is 9.69 Å². The van der Waals surface area contributed by atoms with Crippen LogP contribution < -0.4 is 0 Å². The molecule has 1 aliphatic heterocycles. The lowest BCUT2D eigenvalue weighted by Gasteiger charge is -2.36. The van der Waals surface area contributed by atoms with E-state index in [0.29, 0.717) is 19.7 Å². The van der Waals surface area contributed by atoms with E-state index in [2.05, 4.69) is 20.8 Å². The number of Topliss-reactive ketones (excluding diaryl/α,β-unsaturated/α-hetero) is 1. The molecule has 1 aromatic rings. The Morgan fingerprint density at radius 2 is 2.50 bits per heavy atom. The molecular formula is C12H16BrNO3S. The van der Waals surface area contributed by atoms with Crippen molar-refractivity contribution < 1.29 is 14.6 Å². The van der Waals surface area contributed by atoms with Crippen molar-refractivity contribution in [3.63, 3.8) is 0 Å². The smallest absolute Gasteiger partial charge is 0.187 e. The summed E-state index contributed by atoms with van der Waals surface area (Å²) in [4.78, 5) is 15.0. The molecule has 0 saturated carbocycles. The molecular weight excluding hydrogens is 318 g/mol. The van der Waals surface area contributed by atoms with Gasteiger partial charge in [0.15, 0.2) is 5.78 Å². The molecule has 0 aromatic carbocycles. The maximum Gasteiger partial charge on any atom is 0.187 e. The summed E-state index contributed by atoms with van der Waals surface area (Å²) in [6.07, 6.45) is -0.180. The molecule has 1 aliphatic rings. The number of ketones is 1. The highest BCUT2D eigenvalue weighted by Crippen LogP contribution is 2.24. The molecule has 100 valence electrons. The van der Waals surface area contributed by atoms with Crippen LogP contribution in [-0.2, 0) is 4.74 Å². The standard InChI is InChI=1S/C12H16BrNO3S/c1-8-7-17-9(6-15)4-14(8)5-11(16)12-10(13)2-3-18-12/h2-3,8-9,15H,4-7H2,1H3. The number of morpholine rings is 1. The molecule has 2 heterocycles. The highest BCUT2D eigenvalue weighted by atomic mass is 79.9. The van der Waals surface area contributed by atoms with Gasteiger partial charge in [0, 0.05) is 17.1 Å². The number of hydrogen-bond donors (Lipinski definition) is 1. The molecule has 4 nitrogen and oxygen atoms in total. The first-order chi connectivity index (χ1) is 8.61. The Balaban J connectivity index is 1.99. The second-order valence-electron chi connectivity index (χ2n) is 4.44. The molecule has 6 heteroatoms. The molecule has 1 saturated heterocycles. The average molecular weight is 334 g/mol. The number of nitrogens with zero attached hydrogens (tertiary/aromatic N) is 1. The molecule has 2 atom stereocenters. The minimum atomic E-state index is -0.180. The van der Waals surface area contributed by atoms with E-state index in [4.69, 9.17) is 9.84 Å². The van der Waals surface area contributed by atoms with Crippen LogP contribution in [0.5, 0.6) is 0 Å². The highest BCUT2D eigenvalue weighted by molar-refractivity contribution is 9.10. The Morgan fingerprint density at radius 3 is 3.11 bits per heavy atom. The largest absolute Gasteiger partial charge is 0.394 e. The maximum absolute atomic E-state index is 12.2. The van der Waals surface area contributed by atoms with Gasteiger partial charge in [-0.25, -0.2) is 0 Å². The van der Waals surface area contributed by atoms with Gasteiger partial charge in [0.05, 0.1) is 30.7 Å². The molecule has 18 heavy (non-hydrogen) atoms. The van der Waals surface area contributed by atoms with Crippen LogP contribution >= 0.6 is 27.3 Å². The third-order valence-electron chi connectivity index (χ3n) is 3.06. The van der Waals surface area contributed by atoms with Gasteiger partial charge in [-0.15, -0.1) is 11.3 Å². The van der Waals surface area contributed by atoms with Crippen LogP contribution in [0.2, 0.25) is 0 Å². The van der Waals surface area contributed by atoms with E-state index >= 15 is 0 Å². The van der Waals surface area contributed by atoms with Crippen LogP contribution in [0.3, 0.4) is 0 Å². The van der Waals surface area contributed by atoms with E-state index < -0.39 is 0 Å². The van der Waals surface area contributed by atoms with Crippen molar-refractivity contribution in [1.82, 2.24) is 4.90 Å². The topological polar surface area (TPSA) is 49.8 Å². The average Bonchev–Trinajstić information content (AvgIpc) is 2.78. The van der Waals surface area contributed by atoms with Crippen molar-refractivity contribution in [3.05, 3.63) is 20.8 Å². The van der Waals surface area contributed by atoms with E-state index in [1.54, 1.807) is 0 Å². The zero-order valence-electron chi connectivity index (χ0n) is 10.1. The summed E-state index contributed by atoms with van der Waals surface area (Å²) < 4.78 is 6.31. The lowest BCUT2D eigenvalue weighted by atomic mass is 10.1. The van der Waals surface area contributed by atoms with Crippen molar-refractivity contribution in [3.8, 4) is 0 Å². The number of carbonyl (C=O) groups is 1. The summed E-state index contributed by atoms with van der Waals surface area (Å²) in [5, 5.41) is 11.0. The molecule has 1 aromatic heterocycles. The van der Waals surface area contributed by atoms with Gasteiger partial charge < -0.3 is 9.84 Å². The van der Waals surface area contributed by atoms with Crippen LogP contribution in [0, 0.1) is 0 Å². The maximum atomic E-state index is 12.2. The molecule has 2 unspecified atom stereocenters. The number of hydrogen-bond acceptors (Lipinski definition) is 5. The number of carbonyl (C=O) groups excluding carboxylic acids is 1. The van der Waals surface area contributed by atoms with Crippen molar-refractivity contribution in [2.24, 2.45) is 0 Å². The number of ether oxygens (including phenoxy) is 1. The summed E-state index contributed by atoms with van der Waals surface area (Å²) in [6, 6.07) is 2.09. The van der Waals surface area contributed by atoms with Crippen molar-refractivity contribution in [2.45, 2.75) is 19.1 Å². The fourth-order valence-electron chi connectivity index (χ4n) is 1.95. The van der Waals surface area contributed by atoms with Crippen molar-refractivity contribution in [1.29, 1.82) is 0 Å². The van der Waals surface area contributed by atoms with E-state index in [1.807, 2.05) is 18.4 Å². The van der Waals surface area contributed by atoms with Crippen molar-refractivity contribution in [2.75, 3.05) is 26.3 Å². The second kappa shape index (κ2) is 6.25. The Hall–Kier alpha value is -0.270. The third kappa shape index (κ3) is 3.19. The Morgan fingerprint density at radius 1 is 1.72 bits per heavy atom. The van der Waals surface area contributed by atoms with Gasteiger partial charge in [-0.1, -0.05) is 0 Å². The summed E-state index contributed by atoms with van der Waals surface area (Å²) in [5.41, 5.74) is 0. The van der Waals surface area contributed by atoms with Gasteiger partial charge in [0.25, 0.3) is 0 Å². The number of aliphatic hydroxyl groups is 1. The van der Waals surface area contributed by atoms with Gasteiger partial charge >= 0.3 is 0 Å². The van der Waals surface area contributed by atoms with E-state index in [-0.39, 0.29) is 24.5 Å². The zero-order chi connectivity index (χ0) is 13.1. The van der Waals surface area contributed by atoms with Gasteiger partial charge in [-0.05, 0) is 34.3 Å². The molecule has 0 bridgehead atoms. The van der Waals surface area contributed by atoms with E-state index in [9.17, 15) is 4.79 Å². The van der Waals surface area contributed by atoms with Crippen LogP contribution in [0.1, 0.15) is 16.6 Å². The molecule has 2 rings (SSSR count). The van der Waals surface area contributed by atoms with Gasteiger partial charge in [0.1, 0.15) is 0 Å². The Labute approximate surface area is 119 Å². The summed E-state index contributed by atoms with van der Waals surface area (Å²) >= 11 is 4.83. The Bertz CT molecular complexity index is 423. The molecule has 1 fully saturated rings. The lowest BCUT2D eigenvalue weighted by molar-refractivity contribution is -0.0747. The van der Waals surface area contributed by atoms with Crippen LogP contribution in [-0.4, -0.2) is 54.2 Å². The molecule has 0 radical (unpaired) electrons. The summed E-state index contributed by atoms with van der Waals surface area (Å²) in [7, 11) is 0. The predicted molar refractivity (Wildman–Crippen MR) is 74.2 cm³/mol. The quantitative estimate of drug-likeness (QED) is 0.853. The number of thiophene rings is 1. The number of aliphatic hydroxyl groups excluding tert-OH is 1. The SMILES string of the molecule is CC1COC(CO)CN1CC(=O)c1sccc1Br. The molecule has 0 spiro atoms. The second-order valence-corrected chi connectivity index (χ2v) is 6.21. The predicted octanol–water partition coefficient (Wildman–Crippen LogP) is 1.77. The van der Waals surface area contributed by atoms with Gasteiger partial charge in [0.2, 0.25) is 0 Å². The van der Waals surface area contributed by atoms with Crippen molar-refractivity contribution >= 4 is 33.0 Å². The minimum absolute atomic E-state index is 0.000106.